The standard InChI is InChI=1S/C26H29N3O2/c1-5-26(14-13-20-7-6-8-22(15-20)28-19(3)30)16-23(21-11-9-18(2)10-12-21)24(17-27-4)25(31)29-26/h5-12,15,17H,1,13-14,16H2,2-4H3,(H,28,30)(H,29,31)/t26-/m0/s1. The number of amides is 2. The molecule has 2 N–H and O–H groups in total. The third kappa shape index (κ3) is 5.37. The molecule has 1 aliphatic rings. The van der Waals surface area contributed by atoms with Gasteiger partial charge in [-0.2, -0.15) is 0 Å². The number of aliphatic imine (C=N–C) groups is 1. The van der Waals surface area contributed by atoms with Gasteiger partial charge in [0.05, 0.1) is 11.1 Å². The van der Waals surface area contributed by atoms with Crippen molar-refractivity contribution in [2.75, 3.05) is 12.4 Å². The van der Waals surface area contributed by atoms with Crippen LogP contribution in [0.15, 0.2) is 71.8 Å². The van der Waals surface area contributed by atoms with Crippen molar-refractivity contribution in [3.63, 3.8) is 0 Å². The van der Waals surface area contributed by atoms with Crippen LogP contribution in [0.5, 0.6) is 0 Å². The van der Waals surface area contributed by atoms with E-state index in [1.807, 2.05) is 37.3 Å². The van der Waals surface area contributed by atoms with Crippen molar-refractivity contribution < 1.29 is 9.59 Å². The van der Waals surface area contributed by atoms with Crippen molar-refractivity contribution in [1.82, 2.24) is 5.32 Å². The maximum Gasteiger partial charge on any atom is 0.253 e. The van der Waals surface area contributed by atoms with Crippen LogP contribution in [0.1, 0.15) is 36.5 Å². The molecule has 0 saturated carbocycles. The van der Waals surface area contributed by atoms with E-state index in [1.165, 1.54) is 12.5 Å². The first kappa shape index (κ1) is 22.2. The second-order valence-corrected chi connectivity index (χ2v) is 8.02. The molecule has 0 aliphatic carbocycles. The Morgan fingerprint density at radius 1 is 1.26 bits per heavy atom. The Balaban J connectivity index is 1.89. The Labute approximate surface area is 184 Å². The summed E-state index contributed by atoms with van der Waals surface area (Å²) in [5.74, 6) is -0.239. The van der Waals surface area contributed by atoms with Gasteiger partial charge in [-0.3, -0.25) is 14.6 Å². The van der Waals surface area contributed by atoms with Crippen LogP contribution in [0, 0.1) is 6.92 Å². The highest BCUT2D eigenvalue weighted by atomic mass is 16.2. The van der Waals surface area contributed by atoms with Crippen LogP contribution >= 0.6 is 0 Å². The molecule has 0 saturated heterocycles. The van der Waals surface area contributed by atoms with Gasteiger partial charge in [-0.05, 0) is 48.6 Å². The zero-order chi connectivity index (χ0) is 22.4. The number of anilines is 1. The molecule has 1 heterocycles. The number of benzene rings is 2. The highest BCUT2D eigenvalue weighted by Crippen LogP contribution is 2.35. The van der Waals surface area contributed by atoms with Crippen LogP contribution in [-0.4, -0.2) is 30.6 Å². The maximum absolute atomic E-state index is 13.0. The molecule has 31 heavy (non-hydrogen) atoms. The molecule has 2 aromatic carbocycles. The smallest absolute Gasteiger partial charge is 0.253 e. The number of hydrogen-bond acceptors (Lipinski definition) is 3. The van der Waals surface area contributed by atoms with Crippen molar-refractivity contribution in [2.45, 2.75) is 38.6 Å². The predicted octanol–water partition coefficient (Wildman–Crippen LogP) is 4.49. The minimum absolute atomic E-state index is 0.0998. The van der Waals surface area contributed by atoms with Crippen LogP contribution in [0.3, 0.4) is 0 Å². The SMILES string of the molecule is C=C[C@]1(CCc2cccc(NC(C)=O)c2)CC(c2ccc(C)cc2)=C(C=NC)C(=O)N1. The summed E-state index contributed by atoms with van der Waals surface area (Å²) in [4.78, 5) is 28.5. The van der Waals surface area contributed by atoms with E-state index in [0.29, 0.717) is 18.4 Å². The molecule has 0 spiro atoms. The van der Waals surface area contributed by atoms with Gasteiger partial charge < -0.3 is 10.6 Å². The number of carbonyl (C=O) groups excluding carboxylic acids is 2. The number of hydrogen-bond donors (Lipinski definition) is 2. The first-order valence-corrected chi connectivity index (χ1v) is 10.4. The molecule has 2 aromatic rings. The fourth-order valence-electron chi connectivity index (χ4n) is 3.91. The van der Waals surface area contributed by atoms with Gasteiger partial charge in [-0.15, -0.1) is 6.58 Å². The highest BCUT2D eigenvalue weighted by molar-refractivity contribution is 6.19. The lowest BCUT2D eigenvalue weighted by Crippen LogP contribution is -2.51. The monoisotopic (exact) mass is 415 g/mol. The van der Waals surface area contributed by atoms with E-state index in [4.69, 9.17) is 0 Å². The molecule has 0 aromatic heterocycles. The molecule has 5 heteroatoms. The Morgan fingerprint density at radius 3 is 2.65 bits per heavy atom. The Kier molecular flexibility index (Phi) is 6.85. The fourth-order valence-corrected chi connectivity index (χ4v) is 3.91. The van der Waals surface area contributed by atoms with Crippen LogP contribution in [-0.2, 0) is 16.0 Å². The molecule has 2 amide bonds. The summed E-state index contributed by atoms with van der Waals surface area (Å²) in [5.41, 5.74) is 5.05. The summed E-state index contributed by atoms with van der Waals surface area (Å²) in [6.07, 6.45) is 5.54. The van der Waals surface area contributed by atoms with Crippen LogP contribution in [0.4, 0.5) is 5.69 Å². The highest BCUT2D eigenvalue weighted by Gasteiger charge is 2.36. The molecular formula is C26H29N3O2. The second kappa shape index (κ2) is 9.56. The lowest BCUT2D eigenvalue weighted by molar-refractivity contribution is -0.118. The van der Waals surface area contributed by atoms with Gasteiger partial charge in [0.15, 0.2) is 0 Å². The average Bonchev–Trinajstić information content (AvgIpc) is 2.74. The quantitative estimate of drug-likeness (QED) is 0.517. The van der Waals surface area contributed by atoms with Gasteiger partial charge in [0.2, 0.25) is 5.91 Å². The van der Waals surface area contributed by atoms with Gasteiger partial charge in [-0.25, -0.2) is 0 Å². The average molecular weight is 416 g/mol. The molecule has 0 fully saturated rings. The summed E-state index contributed by atoms with van der Waals surface area (Å²) in [6, 6.07) is 16.0. The zero-order valence-electron chi connectivity index (χ0n) is 18.4. The van der Waals surface area contributed by atoms with Gasteiger partial charge in [0.25, 0.3) is 5.91 Å². The van der Waals surface area contributed by atoms with E-state index in [-0.39, 0.29) is 11.8 Å². The van der Waals surface area contributed by atoms with Crippen molar-refractivity contribution in [1.29, 1.82) is 0 Å². The summed E-state index contributed by atoms with van der Waals surface area (Å²) in [5, 5.41) is 5.98. The largest absolute Gasteiger partial charge is 0.343 e. The summed E-state index contributed by atoms with van der Waals surface area (Å²) < 4.78 is 0. The van der Waals surface area contributed by atoms with E-state index < -0.39 is 5.54 Å². The third-order valence-corrected chi connectivity index (χ3v) is 5.58. The minimum atomic E-state index is -0.563. The number of aryl methyl sites for hydroxylation is 2. The topological polar surface area (TPSA) is 70.6 Å². The number of nitrogens with zero attached hydrogens (tertiary/aromatic N) is 1. The lowest BCUT2D eigenvalue weighted by atomic mass is 9.78. The van der Waals surface area contributed by atoms with E-state index >= 15 is 0 Å². The van der Waals surface area contributed by atoms with E-state index in [0.717, 1.165) is 28.8 Å². The van der Waals surface area contributed by atoms with Crippen molar-refractivity contribution >= 4 is 29.3 Å². The zero-order valence-corrected chi connectivity index (χ0v) is 18.4. The number of rotatable bonds is 7. The molecule has 1 aliphatic heterocycles. The van der Waals surface area contributed by atoms with E-state index in [1.54, 1.807) is 13.3 Å². The summed E-state index contributed by atoms with van der Waals surface area (Å²) in [7, 11) is 1.67. The van der Waals surface area contributed by atoms with E-state index in [9.17, 15) is 9.59 Å². The molecule has 0 radical (unpaired) electrons. The van der Waals surface area contributed by atoms with Gasteiger partial charge in [0.1, 0.15) is 0 Å². The molecule has 0 bridgehead atoms. The van der Waals surface area contributed by atoms with Crippen molar-refractivity contribution in [3.8, 4) is 0 Å². The summed E-state index contributed by atoms with van der Waals surface area (Å²) in [6.45, 7) is 7.58. The minimum Gasteiger partial charge on any atom is -0.343 e. The Hall–Kier alpha value is -3.47. The van der Waals surface area contributed by atoms with E-state index in [2.05, 4.69) is 46.5 Å². The number of nitrogens with one attached hydrogen (secondary N) is 2. The maximum atomic E-state index is 13.0. The first-order valence-electron chi connectivity index (χ1n) is 10.4. The molecular weight excluding hydrogens is 386 g/mol. The van der Waals surface area contributed by atoms with Gasteiger partial charge in [-0.1, -0.05) is 48.0 Å². The van der Waals surface area contributed by atoms with Crippen molar-refractivity contribution in [3.05, 3.63) is 83.4 Å². The predicted molar refractivity (Wildman–Crippen MR) is 127 cm³/mol. The Bertz CT molecular complexity index is 1050. The van der Waals surface area contributed by atoms with Crippen LogP contribution in [0.2, 0.25) is 0 Å². The molecule has 160 valence electrons. The van der Waals surface area contributed by atoms with Crippen molar-refractivity contribution in [2.24, 2.45) is 4.99 Å². The fraction of sp³-hybridized carbons (Fsp3) is 0.269. The van der Waals surface area contributed by atoms with Gasteiger partial charge >= 0.3 is 0 Å². The van der Waals surface area contributed by atoms with Crippen LogP contribution < -0.4 is 10.6 Å². The first-order chi connectivity index (χ1) is 14.9. The molecule has 5 nitrogen and oxygen atoms in total. The Morgan fingerprint density at radius 2 is 2.00 bits per heavy atom. The molecule has 1 atom stereocenters. The third-order valence-electron chi connectivity index (χ3n) is 5.58. The molecule has 0 unspecified atom stereocenters. The normalized spacial score (nSPS) is 18.7. The van der Waals surface area contributed by atoms with Gasteiger partial charge in [0, 0.05) is 32.3 Å². The van der Waals surface area contributed by atoms with Crippen LogP contribution in [0.25, 0.3) is 5.57 Å². The summed E-state index contributed by atoms with van der Waals surface area (Å²) >= 11 is 0. The molecule has 3 rings (SSSR count). The number of carbonyl (C=O) groups is 2. The lowest BCUT2D eigenvalue weighted by Gasteiger charge is -2.37. The second-order valence-electron chi connectivity index (χ2n) is 8.02.